The fraction of sp³-hybridized carbons (Fsp3) is 0.308. The van der Waals surface area contributed by atoms with Crippen LogP contribution in [0.4, 0.5) is 0 Å². The van der Waals surface area contributed by atoms with Crippen molar-refractivity contribution in [2.45, 2.75) is 6.42 Å². The van der Waals surface area contributed by atoms with E-state index in [1.165, 1.54) is 18.5 Å². The van der Waals surface area contributed by atoms with Gasteiger partial charge in [-0.05, 0) is 36.1 Å². The molecule has 0 aliphatic heterocycles. The number of hydrogen-bond acceptors (Lipinski definition) is 4. The molecule has 0 fully saturated rings. The predicted octanol–water partition coefficient (Wildman–Crippen LogP) is 1.66. The molecule has 1 aromatic heterocycles. The highest BCUT2D eigenvalue weighted by molar-refractivity contribution is 7.98. The fourth-order valence-corrected chi connectivity index (χ4v) is 1.79. The number of aliphatic carboxylic acids is 1. The molecule has 0 saturated carbocycles. The van der Waals surface area contributed by atoms with Crippen molar-refractivity contribution in [3.05, 3.63) is 35.7 Å². The van der Waals surface area contributed by atoms with Crippen LogP contribution in [0.15, 0.2) is 24.5 Å². The standard InChI is InChI=1S/C13H16N2O3S/c1-19-6-2-5-15-13(18)11-7-10(8-14-9-11)3-4-12(16)17/h3-4,7-9H,2,5-6H2,1H3,(H,15,18)(H,16,17). The van der Waals surface area contributed by atoms with Gasteiger partial charge in [0, 0.05) is 25.0 Å². The van der Waals surface area contributed by atoms with Crippen LogP contribution in [0, 0.1) is 0 Å². The zero-order valence-corrected chi connectivity index (χ0v) is 11.4. The Hall–Kier alpha value is -1.82. The van der Waals surface area contributed by atoms with Gasteiger partial charge < -0.3 is 10.4 Å². The monoisotopic (exact) mass is 280 g/mol. The van der Waals surface area contributed by atoms with E-state index < -0.39 is 5.97 Å². The lowest BCUT2D eigenvalue weighted by Gasteiger charge is -2.04. The lowest BCUT2D eigenvalue weighted by Crippen LogP contribution is -2.24. The number of amides is 1. The largest absolute Gasteiger partial charge is 0.478 e. The Labute approximate surface area is 116 Å². The minimum Gasteiger partial charge on any atom is -0.478 e. The van der Waals surface area contributed by atoms with Gasteiger partial charge in [-0.2, -0.15) is 11.8 Å². The normalized spacial score (nSPS) is 10.6. The SMILES string of the molecule is CSCCCNC(=O)c1cncc(C=CC(=O)O)c1. The molecule has 0 bridgehead atoms. The van der Waals surface area contributed by atoms with Crippen molar-refractivity contribution in [3.8, 4) is 0 Å². The number of carboxylic acid groups (broad SMARTS) is 1. The summed E-state index contributed by atoms with van der Waals surface area (Å²) >= 11 is 1.73. The molecule has 0 atom stereocenters. The van der Waals surface area contributed by atoms with E-state index in [0.717, 1.165) is 18.2 Å². The molecule has 1 aromatic rings. The van der Waals surface area contributed by atoms with Gasteiger partial charge in [0.05, 0.1) is 5.56 Å². The van der Waals surface area contributed by atoms with Crippen LogP contribution in [0.2, 0.25) is 0 Å². The van der Waals surface area contributed by atoms with Crippen molar-refractivity contribution < 1.29 is 14.7 Å². The highest BCUT2D eigenvalue weighted by Crippen LogP contribution is 2.05. The van der Waals surface area contributed by atoms with Gasteiger partial charge in [0.1, 0.15) is 0 Å². The van der Waals surface area contributed by atoms with E-state index in [0.29, 0.717) is 17.7 Å². The molecule has 1 amide bonds. The van der Waals surface area contributed by atoms with Gasteiger partial charge in [-0.15, -0.1) is 0 Å². The predicted molar refractivity (Wildman–Crippen MR) is 76.2 cm³/mol. The molecule has 0 aliphatic rings. The second-order valence-electron chi connectivity index (χ2n) is 3.78. The van der Waals surface area contributed by atoms with E-state index in [9.17, 15) is 9.59 Å². The van der Waals surface area contributed by atoms with E-state index in [4.69, 9.17) is 5.11 Å². The Morgan fingerprint density at radius 2 is 2.26 bits per heavy atom. The maximum absolute atomic E-state index is 11.8. The fourth-order valence-electron chi connectivity index (χ4n) is 1.36. The summed E-state index contributed by atoms with van der Waals surface area (Å²) in [4.78, 5) is 26.1. The third kappa shape index (κ3) is 6.05. The highest BCUT2D eigenvalue weighted by atomic mass is 32.2. The summed E-state index contributed by atoms with van der Waals surface area (Å²) in [6.45, 7) is 0.620. The molecular weight excluding hydrogens is 264 g/mol. The molecule has 0 spiro atoms. The summed E-state index contributed by atoms with van der Waals surface area (Å²) in [7, 11) is 0. The second kappa shape index (κ2) is 8.31. The van der Waals surface area contributed by atoms with Crippen molar-refractivity contribution in [2.24, 2.45) is 0 Å². The number of carbonyl (C=O) groups excluding carboxylic acids is 1. The minimum absolute atomic E-state index is 0.195. The van der Waals surface area contributed by atoms with Crippen LogP contribution in [0.1, 0.15) is 22.3 Å². The van der Waals surface area contributed by atoms with Crippen LogP contribution < -0.4 is 5.32 Å². The third-order valence-corrected chi connectivity index (χ3v) is 2.95. The molecule has 0 aliphatic carbocycles. The summed E-state index contributed by atoms with van der Waals surface area (Å²) in [5.74, 6) is -0.231. The van der Waals surface area contributed by atoms with Crippen LogP contribution >= 0.6 is 11.8 Å². The summed E-state index contributed by atoms with van der Waals surface area (Å²) in [6.07, 6.45) is 8.31. The number of pyridine rings is 1. The van der Waals surface area contributed by atoms with E-state index in [2.05, 4.69) is 10.3 Å². The highest BCUT2D eigenvalue weighted by Gasteiger charge is 2.05. The van der Waals surface area contributed by atoms with Crippen LogP contribution in [0.25, 0.3) is 6.08 Å². The number of nitrogens with one attached hydrogen (secondary N) is 1. The Morgan fingerprint density at radius 1 is 1.47 bits per heavy atom. The van der Waals surface area contributed by atoms with Crippen LogP contribution in [0.3, 0.4) is 0 Å². The van der Waals surface area contributed by atoms with Gasteiger partial charge in [-0.1, -0.05) is 0 Å². The third-order valence-electron chi connectivity index (χ3n) is 2.25. The summed E-state index contributed by atoms with van der Waals surface area (Å²) in [5.41, 5.74) is 1.01. The van der Waals surface area contributed by atoms with E-state index in [-0.39, 0.29) is 5.91 Å². The van der Waals surface area contributed by atoms with Crippen molar-refractivity contribution in [2.75, 3.05) is 18.6 Å². The first-order valence-electron chi connectivity index (χ1n) is 5.76. The van der Waals surface area contributed by atoms with Gasteiger partial charge in [0.25, 0.3) is 5.91 Å². The Morgan fingerprint density at radius 3 is 2.95 bits per heavy atom. The molecule has 0 radical (unpaired) electrons. The molecule has 0 aromatic carbocycles. The smallest absolute Gasteiger partial charge is 0.328 e. The van der Waals surface area contributed by atoms with Gasteiger partial charge in [-0.3, -0.25) is 9.78 Å². The number of carboxylic acids is 1. The van der Waals surface area contributed by atoms with Crippen LogP contribution in [-0.2, 0) is 4.79 Å². The summed E-state index contributed by atoms with van der Waals surface area (Å²) in [6, 6.07) is 1.61. The topological polar surface area (TPSA) is 79.3 Å². The average Bonchev–Trinajstić information content (AvgIpc) is 2.41. The lowest BCUT2D eigenvalue weighted by atomic mass is 10.2. The van der Waals surface area contributed by atoms with Crippen LogP contribution in [-0.4, -0.2) is 40.5 Å². The quantitative estimate of drug-likeness (QED) is 0.586. The molecule has 2 N–H and O–H groups in total. The summed E-state index contributed by atoms with van der Waals surface area (Å²) in [5, 5.41) is 11.3. The second-order valence-corrected chi connectivity index (χ2v) is 4.77. The van der Waals surface area contributed by atoms with Gasteiger partial charge in [0.15, 0.2) is 0 Å². The zero-order valence-electron chi connectivity index (χ0n) is 10.6. The lowest BCUT2D eigenvalue weighted by molar-refractivity contribution is -0.131. The maximum atomic E-state index is 11.8. The van der Waals surface area contributed by atoms with Gasteiger partial charge in [0.2, 0.25) is 0 Å². The van der Waals surface area contributed by atoms with Crippen molar-refractivity contribution >= 4 is 29.7 Å². The molecule has 102 valence electrons. The first-order valence-corrected chi connectivity index (χ1v) is 7.16. The molecule has 0 saturated heterocycles. The average molecular weight is 280 g/mol. The Bertz CT molecular complexity index is 475. The molecule has 5 nitrogen and oxygen atoms in total. The number of carbonyl (C=O) groups is 2. The van der Waals surface area contributed by atoms with Crippen molar-refractivity contribution in [3.63, 3.8) is 0 Å². The molecule has 6 heteroatoms. The van der Waals surface area contributed by atoms with E-state index >= 15 is 0 Å². The maximum Gasteiger partial charge on any atom is 0.328 e. The number of thioether (sulfide) groups is 1. The van der Waals surface area contributed by atoms with Crippen molar-refractivity contribution in [1.29, 1.82) is 0 Å². The van der Waals surface area contributed by atoms with E-state index in [1.807, 2.05) is 6.26 Å². The number of nitrogens with zero attached hydrogens (tertiary/aromatic N) is 1. The minimum atomic E-state index is -1.04. The Balaban J connectivity index is 2.60. The van der Waals surface area contributed by atoms with Gasteiger partial charge in [-0.25, -0.2) is 4.79 Å². The number of rotatable bonds is 7. The molecule has 1 rings (SSSR count). The molecule has 19 heavy (non-hydrogen) atoms. The van der Waals surface area contributed by atoms with Gasteiger partial charge >= 0.3 is 5.97 Å². The molecule has 0 unspecified atom stereocenters. The first-order chi connectivity index (χ1) is 9.13. The number of hydrogen-bond donors (Lipinski definition) is 2. The molecule has 1 heterocycles. The zero-order chi connectivity index (χ0) is 14.1. The first kappa shape index (κ1) is 15.2. The summed E-state index contributed by atoms with van der Waals surface area (Å²) < 4.78 is 0. The number of aromatic nitrogens is 1. The molecular formula is C13H16N2O3S. The van der Waals surface area contributed by atoms with Crippen LogP contribution in [0.5, 0.6) is 0 Å². The van der Waals surface area contributed by atoms with E-state index in [1.54, 1.807) is 17.8 Å². The van der Waals surface area contributed by atoms with Crippen molar-refractivity contribution in [1.82, 2.24) is 10.3 Å². The Kier molecular flexibility index (Phi) is 6.67.